The van der Waals surface area contributed by atoms with Gasteiger partial charge in [0.25, 0.3) is 0 Å². The Hall–Kier alpha value is -2.08. The summed E-state index contributed by atoms with van der Waals surface area (Å²) in [6.07, 6.45) is 27.5. The third-order valence-electron chi connectivity index (χ3n) is 8.68. The van der Waals surface area contributed by atoms with Gasteiger partial charge in [0.2, 0.25) is 0 Å². The van der Waals surface area contributed by atoms with Crippen LogP contribution in [-0.4, -0.2) is 0 Å². The molecular formula is C35H48. The smallest absolute Gasteiger partial charge is 0.00185 e. The van der Waals surface area contributed by atoms with Gasteiger partial charge in [-0.25, -0.2) is 0 Å². The Morgan fingerprint density at radius 2 is 1.31 bits per heavy atom. The van der Waals surface area contributed by atoms with E-state index in [2.05, 4.69) is 86.7 Å². The molecule has 2 aliphatic carbocycles. The minimum atomic E-state index is 0.592. The van der Waals surface area contributed by atoms with Crippen molar-refractivity contribution < 1.29 is 0 Å². The van der Waals surface area contributed by atoms with Crippen molar-refractivity contribution in [2.75, 3.05) is 0 Å². The first-order valence-corrected chi connectivity index (χ1v) is 14.8. The molecule has 35 heavy (non-hydrogen) atoms. The van der Waals surface area contributed by atoms with Gasteiger partial charge in [-0.15, -0.1) is 0 Å². The molecule has 1 saturated carbocycles. The molecule has 0 aromatic heterocycles. The van der Waals surface area contributed by atoms with Gasteiger partial charge in [-0.05, 0) is 97.8 Å². The van der Waals surface area contributed by atoms with E-state index in [1.807, 2.05) is 0 Å². The Balaban J connectivity index is 1.19. The highest BCUT2D eigenvalue weighted by molar-refractivity contribution is 5.31. The lowest BCUT2D eigenvalue weighted by Gasteiger charge is -2.27. The average molecular weight is 469 g/mol. The molecule has 0 amide bonds. The van der Waals surface area contributed by atoms with Gasteiger partial charge in [0, 0.05) is 5.92 Å². The molecule has 0 aliphatic heterocycles. The van der Waals surface area contributed by atoms with Crippen LogP contribution in [0.4, 0.5) is 0 Å². The van der Waals surface area contributed by atoms with Crippen molar-refractivity contribution in [1.29, 1.82) is 0 Å². The molecular weight excluding hydrogens is 420 g/mol. The minimum absolute atomic E-state index is 0.592. The third-order valence-corrected chi connectivity index (χ3v) is 8.68. The van der Waals surface area contributed by atoms with Crippen LogP contribution in [0.5, 0.6) is 0 Å². The van der Waals surface area contributed by atoms with E-state index in [1.54, 1.807) is 0 Å². The van der Waals surface area contributed by atoms with Gasteiger partial charge in [0.15, 0.2) is 0 Å². The van der Waals surface area contributed by atoms with Crippen LogP contribution in [0.25, 0.3) is 0 Å². The van der Waals surface area contributed by atoms with Crippen LogP contribution in [0, 0.1) is 17.8 Å². The van der Waals surface area contributed by atoms with Gasteiger partial charge in [0.05, 0.1) is 0 Å². The maximum atomic E-state index is 2.57. The molecule has 2 aliphatic rings. The fraction of sp³-hybridized carbons (Fsp3) is 0.543. The summed E-state index contributed by atoms with van der Waals surface area (Å²) in [4.78, 5) is 0. The first-order chi connectivity index (χ1) is 17.2. The van der Waals surface area contributed by atoms with E-state index >= 15 is 0 Å². The first-order valence-electron chi connectivity index (χ1n) is 14.8. The van der Waals surface area contributed by atoms with Crippen LogP contribution >= 0.6 is 0 Å². The summed E-state index contributed by atoms with van der Waals surface area (Å²) in [5.74, 6) is 3.08. The van der Waals surface area contributed by atoms with Crippen molar-refractivity contribution in [2.24, 2.45) is 17.8 Å². The molecule has 0 radical (unpaired) electrons. The van der Waals surface area contributed by atoms with Crippen LogP contribution in [0.15, 0.2) is 72.8 Å². The summed E-state index contributed by atoms with van der Waals surface area (Å²) in [6.45, 7) is 4.53. The molecule has 4 rings (SSSR count). The number of allylic oxidation sites excluding steroid dienone is 4. The topological polar surface area (TPSA) is 0 Å². The molecule has 0 N–H and O–H groups in total. The molecule has 0 spiro atoms. The summed E-state index contributed by atoms with van der Waals surface area (Å²) < 4.78 is 0. The summed E-state index contributed by atoms with van der Waals surface area (Å²) >= 11 is 0. The van der Waals surface area contributed by atoms with Crippen LogP contribution in [0.1, 0.15) is 106 Å². The van der Waals surface area contributed by atoms with Crippen molar-refractivity contribution in [2.45, 2.75) is 103 Å². The largest absolute Gasteiger partial charge is 0.0848 e. The summed E-state index contributed by atoms with van der Waals surface area (Å²) in [7, 11) is 0. The van der Waals surface area contributed by atoms with Crippen LogP contribution in [0.3, 0.4) is 0 Å². The molecule has 1 fully saturated rings. The van der Waals surface area contributed by atoms with Gasteiger partial charge in [0.1, 0.15) is 0 Å². The third kappa shape index (κ3) is 8.23. The van der Waals surface area contributed by atoms with E-state index in [1.165, 1.54) is 86.5 Å². The highest BCUT2D eigenvalue weighted by atomic mass is 14.3. The fourth-order valence-corrected chi connectivity index (χ4v) is 6.09. The Morgan fingerprint density at radius 3 is 1.91 bits per heavy atom. The second-order valence-corrected chi connectivity index (χ2v) is 11.3. The van der Waals surface area contributed by atoms with E-state index in [4.69, 9.17) is 0 Å². The van der Waals surface area contributed by atoms with Gasteiger partial charge in [-0.3, -0.25) is 0 Å². The number of benzene rings is 2. The molecule has 2 aromatic rings. The Morgan fingerprint density at radius 1 is 0.657 bits per heavy atom. The maximum Gasteiger partial charge on any atom is 0.00185 e. The van der Waals surface area contributed by atoms with Gasteiger partial charge < -0.3 is 0 Å². The lowest BCUT2D eigenvalue weighted by Crippen LogP contribution is -2.13. The van der Waals surface area contributed by atoms with Crippen LogP contribution in [-0.2, 0) is 19.3 Å². The van der Waals surface area contributed by atoms with E-state index in [0.29, 0.717) is 11.8 Å². The predicted octanol–water partition coefficient (Wildman–Crippen LogP) is 10.0. The minimum Gasteiger partial charge on any atom is -0.0848 e. The SMILES string of the molecule is CCCCCC1CCC(/C=C/C2C=CC(c3ccc(CCc4ccc(CC)cc4)cc3)CC2)CC1. The van der Waals surface area contributed by atoms with Gasteiger partial charge in [-0.2, -0.15) is 0 Å². The Kier molecular flexibility index (Phi) is 10.3. The van der Waals surface area contributed by atoms with Crippen molar-refractivity contribution in [3.05, 3.63) is 95.1 Å². The zero-order valence-corrected chi connectivity index (χ0v) is 22.4. The van der Waals surface area contributed by atoms with Crippen molar-refractivity contribution in [1.82, 2.24) is 0 Å². The highest BCUT2D eigenvalue weighted by Crippen LogP contribution is 2.35. The summed E-state index contributed by atoms with van der Waals surface area (Å²) in [6, 6.07) is 18.6. The van der Waals surface area contributed by atoms with Crippen LogP contribution in [0.2, 0.25) is 0 Å². The molecule has 0 nitrogen and oxygen atoms in total. The van der Waals surface area contributed by atoms with Crippen molar-refractivity contribution in [3.63, 3.8) is 0 Å². The molecule has 0 bridgehead atoms. The van der Waals surface area contributed by atoms with Gasteiger partial charge in [-0.1, -0.05) is 112 Å². The van der Waals surface area contributed by atoms with Gasteiger partial charge >= 0.3 is 0 Å². The van der Waals surface area contributed by atoms with E-state index in [-0.39, 0.29) is 0 Å². The van der Waals surface area contributed by atoms with E-state index < -0.39 is 0 Å². The standard InChI is InChI=1S/C35H48/c1-3-5-6-7-29-12-14-31(15-13-29)17-19-33-22-26-35(27-23-33)34-24-20-32(21-25-34)18-16-30-10-8-28(4-2)9-11-30/h8-11,17,19-22,24-26,29,31,33,35H,3-7,12-16,18,23,27H2,1-2H3/b19-17+. The zero-order valence-electron chi connectivity index (χ0n) is 22.4. The summed E-state index contributed by atoms with van der Waals surface area (Å²) in [5, 5.41) is 0. The normalized spacial score (nSPS) is 24.7. The second-order valence-electron chi connectivity index (χ2n) is 11.3. The monoisotopic (exact) mass is 468 g/mol. The number of unbranched alkanes of at least 4 members (excludes halogenated alkanes) is 2. The highest BCUT2D eigenvalue weighted by Gasteiger charge is 2.20. The lowest BCUT2D eigenvalue weighted by atomic mass is 9.78. The molecule has 2 atom stereocenters. The molecule has 188 valence electrons. The first kappa shape index (κ1) is 26.0. The average Bonchev–Trinajstić information content (AvgIpc) is 2.92. The predicted molar refractivity (Wildman–Crippen MR) is 153 cm³/mol. The number of hydrogen-bond acceptors (Lipinski definition) is 0. The maximum absolute atomic E-state index is 2.57. The number of rotatable bonds is 11. The van der Waals surface area contributed by atoms with Crippen LogP contribution < -0.4 is 0 Å². The molecule has 2 aromatic carbocycles. The Labute approximate surface area is 215 Å². The number of hydrogen-bond donors (Lipinski definition) is 0. The van der Waals surface area contributed by atoms with E-state index in [9.17, 15) is 0 Å². The molecule has 0 heterocycles. The molecule has 0 saturated heterocycles. The zero-order chi connectivity index (χ0) is 24.3. The Bertz CT molecular complexity index is 906. The van der Waals surface area contributed by atoms with Crippen molar-refractivity contribution >= 4 is 0 Å². The second kappa shape index (κ2) is 13.9. The quantitative estimate of drug-likeness (QED) is 0.227. The lowest BCUT2D eigenvalue weighted by molar-refractivity contribution is 0.289. The molecule has 2 unspecified atom stereocenters. The summed E-state index contributed by atoms with van der Waals surface area (Å²) in [5.41, 5.74) is 5.81. The fourth-order valence-electron chi connectivity index (χ4n) is 6.09. The van der Waals surface area contributed by atoms with Crippen molar-refractivity contribution in [3.8, 4) is 0 Å². The molecule has 0 heteroatoms. The number of aryl methyl sites for hydroxylation is 3. The van der Waals surface area contributed by atoms with E-state index in [0.717, 1.165) is 31.1 Å².